The zero-order valence-corrected chi connectivity index (χ0v) is 7.74. The number of hydrogen-bond donors (Lipinski definition) is 3. The monoisotopic (exact) mass is 193 g/mol. The summed E-state index contributed by atoms with van der Waals surface area (Å²) in [6, 6.07) is 0. The van der Waals surface area contributed by atoms with Gasteiger partial charge >= 0.3 is 0 Å². The Morgan fingerprint density at radius 3 is 3.00 bits per heavy atom. The first-order chi connectivity index (χ1) is 6.66. The molecule has 0 aliphatic rings. The average molecular weight is 193 g/mol. The van der Waals surface area contributed by atoms with Crippen LogP contribution in [0.2, 0.25) is 0 Å². The van der Waals surface area contributed by atoms with E-state index in [1.807, 2.05) is 0 Å². The molecule has 0 unspecified atom stereocenters. The Hall–Kier alpha value is -1.98. The standard InChI is InChI=1S/C8H11N5O/c1-5(9)6-7(10)12-4-13-8(6)11-2-3-14/h3-4,9H,2H2,1H3,(H3,10,11,12,13). The molecule has 0 atom stereocenters. The molecule has 0 aliphatic heterocycles. The molecule has 0 spiro atoms. The quantitative estimate of drug-likeness (QED) is 0.463. The summed E-state index contributed by atoms with van der Waals surface area (Å²) in [6.07, 6.45) is 2.00. The van der Waals surface area contributed by atoms with Gasteiger partial charge in [0.25, 0.3) is 0 Å². The maximum atomic E-state index is 10.2. The van der Waals surface area contributed by atoms with E-state index in [-0.39, 0.29) is 18.1 Å². The van der Waals surface area contributed by atoms with Crippen LogP contribution >= 0.6 is 0 Å². The molecule has 0 radical (unpaired) electrons. The number of aldehydes is 1. The topological polar surface area (TPSA) is 105 Å². The van der Waals surface area contributed by atoms with E-state index in [4.69, 9.17) is 11.1 Å². The summed E-state index contributed by atoms with van der Waals surface area (Å²) in [4.78, 5) is 17.8. The maximum Gasteiger partial charge on any atom is 0.141 e. The summed E-state index contributed by atoms with van der Waals surface area (Å²) in [5.41, 5.74) is 6.27. The third-order valence-electron chi connectivity index (χ3n) is 1.60. The van der Waals surface area contributed by atoms with Crippen molar-refractivity contribution in [1.29, 1.82) is 5.41 Å². The normalized spacial score (nSPS) is 9.50. The van der Waals surface area contributed by atoms with Gasteiger partial charge in [0.15, 0.2) is 0 Å². The Kier molecular flexibility index (Phi) is 3.11. The summed E-state index contributed by atoms with van der Waals surface area (Å²) < 4.78 is 0. The number of nitrogens with one attached hydrogen (secondary N) is 2. The van der Waals surface area contributed by atoms with Gasteiger partial charge in [-0.15, -0.1) is 0 Å². The third kappa shape index (κ3) is 2.03. The molecule has 1 aromatic rings. The van der Waals surface area contributed by atoms with Crippen LogP contribution in [0.25, 0.3) is 0 Å². The molecule has 74 valence electrons. The molecule has 0 fully saturated rings. The molecule has 0 amide bonds. The lowest BCUT2D eigenvalue weighted by molar-refractivity contribution is -0.106. The van der Waals surface area contributed by atoms with Gasteiger partial charge in [-0.25, -0.2) is 9.97 Å². The second kappa shape index (κ2) is 4.31. The van der Waals surface area contributed by atoms with Crippen LogP contribution in [-0.2, 0) is 4.79 Å². The second-order valence-electron chi connectivity index (χ2n) is 2.66. The van der Waals surface area contributed by atoms with E-state index < -0.39 is 0 Å². The molecule has 0 saturated heterocycles. The molecule has 1 heterocycles. The number of carbonyl (C=O) groups excluding carboxylic acids is 1. The molecule has 0 bridgehead atoms. The minimum atomic E-state index is 0.136. The minimum absolute atomic E-state index is 0.136. The fraction of sp³-hybridized carbons (Fsp3) is 0.250. The largest absolute Gasteiger partial charge is 0.383 e. The van der Waals surface area contributed by atoms with Crippen molar-refractivity contribution in [2.75, 3.05) is 17.6 Å². The zero-order valence-electron chi connectivity index (χ0n) is 7.74. The van der Waals surface area contributed by atoms with Gasteiger partial charge in [0, 0.05) is 5.71 Å². The van der Waals surface area contributed by atoms with Gasteiger partial charge in [0.1, 0.15) is 24.2 Å². The molecule has 6 nitrogen and oxygen atoms in total. The smallest absolute Gasteiger partial charge is 0.141 e. The molecule has 6 heteroatoms. The van der Waals surface area contributed by atoms with Gasteiger partial charge in [-0.3, -0.25) is 0 Å². The van der Waals surface area contributed by atoms with Crippen molar-refractivity contribution in [2.45, 2.75) is 6.92 Å². The van der Waals surface area contributed by atoms with Gasteiger partial charge in [-0.1, -0.05) is 0 Å². The van der Waals surface area contributed by atoms with Crippen molar-refractivity contribution in [1.82, 2.24) is 9.97 Å². The van der Waals surface area contributed by atoms with Crippen LogP contribution < -0.4 is 11.1 Å². The summed E-state index contributed by atoms with van der Waals surface area (Å²) in [5.74, 6) is 0.651. The lowest BCUT2D eigenvalue weighted by atomic mass is 10.2. The first kappa shape index (κ1) is 10.1. The number of aromatic nitrogens is 2. The van der Waals surface area contributed by atoms with E-state index in [1.54, 1.807) is 6.92 Å². The molecule has 1 rings (SSSR count). The number of nitrogen functional groups attached to an aromatic ring is 1. The van der Waals surface area contributed by atoms with Crippen molar-refractivity contribution < 1.29 is 4.79 Å². The Bertz CT molecular complexity index is 363. The minimum Gasteiger partial charge on any atom is -0.383 e. The average Bonchev–Trinajstić information content (AvgIpc) is 2.14. The van der Waals surface area contributed by atoms with Gasteiger partial charge in [0.2, 0.25) is 0 Å². The molecular formula is C8H11N5O. The molecule has 1 aromatic heterocycles. The van der Waals surface area contributed by atoms with Crippen molar-refractivity contribution in [3.8, 4) is 0 Å². The van der Waals surface area contributed by atoms with Crippen LogP contribution in [0.3, 0.4) is 0 Å². The number of hydrogen-bond acceptors (Lipinski definition) is 6. The van der Waals surface area contributed by atoms with Crippen LogP contribution in [0, 0.1) is 5.41 Å². The first-order valence-corrected chi connectivity index (χ1v) is 4.00. The van der Waals surface area contributed by atoms with Gasteiger partial charge in [-0.2, -0.15) is 0 Å². The predicted octanol–water partition coefficient (Wildman–Crippen LogP) is 0.0574. The Balaban J connectivity index is 3.07. The van der Waals surface area contributed by atoms with Gasteiger partial charge in [0.05, 0.1) is 12.1 Å². The molecule has 0 saturated carbocycles. The molecule has 0 aromatic carbocycles. The van der Waals surface area contributed by atoms with Crippen LogP contribution in [0.1, 0.15) is 12.5 Å². The number of rotatable bonds is 4. The number of anilines is 2. The van der Waals surface area contributed by atoms with Crippen LogP contribution in [0.5, 0.6) is 0 Å². The Morgan fingerprint density at radius 1 is 1.71 bits per heavy atom. The molecule has 14 heavy (non-hydrogen) atoms. The van der Waals surface area contributed by atoms with E-state index in [1.165, 1.54) is 6.33 Å². The highest BCUT2D eigenvalue weighted by Crippen LogP contribution is 2.16. The number of nitrogens with two attached hydrogens (primary N) is 1. The number of carbonyl (C=O) groups is 1. The Labute approximate surface area is 81.1 Å². The van der Waals surface area contributed by atoms with Crippen molar-refractivity contribution >= 4 is 23.6 Å². The molecule has 4 N–H and O–H groups in total. The maximum absolute atomic E-state index is 10.2. The first-order valence-electron chi connectivity index (χ1n) is 4.00. The lowest BCUT2D eigenvalue weighted by Crippen LogP contribution is -2.12. The van der Waals surface area contributed by atoms with Crippen molar-refractivity contribution in [3.05, 3.63) is 11.9 Å². The predicted molar refractivity (Wildman–Crippen MR) is 53.5 cm³/mol. The fourth-order valence-corrected chi connectivity index (χ4v) is 1.04. The summed E-state index contributed by atoms with van der Waals surface area (Å²) in [7, 11) is 0. The number of nitrogens with zero attached hydrogens (tertiary/aromatic N) is 2. The van der Waals surface area contributed by atoms with Crippen LogP contribution in [-0.4, -0.2) is 28.5 Å². The van der Waals surface area contributed by atoms with Crippen molar-refractivity contribution in [2.24, 2.45) is 0 Å². The molecular weight excluding hydrogens is 182 g/mol. The van der Waals surface area contributed by atoms with Crippen molar-refractivity contribution in [3.63, 3.8) is 0 Å². The van der Waals surface area contributed by atoms with Crippen LogP contribution in [0.15, 0.2) is 6.33 Å². The van der Waals surface area contributed by atoms with Gasteiger partial charge in [-0.05, 0) is 6.92 Å². The third-order valence-corrected chi connectivity index (χ3v) is 1.60. The fourth-order valence-electron chi connectivity index (χ4n) is 1.04. The van der Waals surface area contributed by atoms with E-state index in [0.29, 0.717) is 17.7 Å². The highest BCUT2D eigenvalue weighted by Gasteiger charge is 2.10. The second-order valence-corrected chi connectivity index (χ2v) is 2.66. The van der Waals surface area contributed by atoms with E-state index >= 15 is 0 Å². The van der Waals surface area contributed by atoms with Gasteiger partial charge < -0.3 is 21.3 Å². The zero-order chi connectivity index (χ0) is 10.6. The highest BCUT2D eigenvalue weighted by molar-refractivity contribution is 6.04. The van der Waals surface area contributed by atoms with E-state index in [9.17, 15) is 4.79 Å². The summed E-state index contributed by atoms with van der Waals surface area (Å²) in [5, 5.41) is 10.2. The van der Waals surface area contributed by atoms with Crippen LogP contribution in [0.4, 0.5) is 11.6 Å². The van der Waals surface area contributed by atoms with E-state index in [0.717, 1.165) is 0 Å². The summed E-state index contributed by atoms with van der Waals surface area (Å²) >= 11 is 0. The lowest BCUT2D eigenvalue weighted by Gasteiger charge is -2.08. The highest BCUT2D eigenvalue weighted by atomic mass is 16.1. The van der Waals surface area contributed by atoms with E-state index in [2.05, 4.69) is 15.3 Å². The molecule has 0 aliphatic carbocycles. The summed E-state index contributed by atoms with van der Waals surface area (Å²) in [6.45, 7) is 1.72. The Morgan fingerprint density at radius 2 is 2.43 bits per heavy atom. The SMILES string of the molecule is CC(=N)c1c(N)ncnc1NCC=O.